The Bertz CT molecular complexity index is 615. The molecule has 18 heavy (non-hydrogen) atoms. The molecule has 2 N–H and O–H groups in total. The number of benzene rings is 1. The summed E-state index contributed by atoms with van der Waals surface area (Å²) in [5.41, 5.74) is 4.06. The van der Waals surface area contributed by atoms with Crippen LogP contribution in [0.25, 0.3) is 17.3 Å². The zero-order chi connectivity index (χ0) is 12.5. The van der Waals surface area contributed by atoms with Gasteiger partial charge in [-0.15, -0.1) is 0 Å². The largest absolute Gasteiger partial charge is 0.512 e. The van der Waals surface area contributed by atoms with Crippen molar-refractivity contribution in [2.75, 3.05) is 0 Å². The summed E-state index contributed by atoms with van der Waals surface area (Å²) in [6, 6.07) is 9.05. The minimum absolute atomic E-state index is 0.254. The summed E-state index contributed by atoms with van der Waals surface area (Å²) in [5, 5.41) is 18.7. The molecule has 0 amide bonds. The van der Waals surface area contributed by atoms with Gasteiger partial charge < -0.3 is 10.2 Å². The number of fused-ring (bicyclic) bond motifs is 1. The third-order valence-electron chi connectivity index (χ3n) is 3.16. The van der Waals surface area contributed by atoms with Crippen molar-refractivity contribution in [1.82, 2.24) is 4.98 Å². The second-order valence-electron chi connectivity index (χ2n) is 4.45. The average Bonchev–Trinajstić information content (AvgIpc) is 2.39. The lowest BCUT2D eigenvalue weighted by molar-refractivity contribution is 0.391. The van der Waals surface area contributed by atoms with Gasteiger partial charge in [-0.1, -0.05) is 0 Å². The molecule has 0 fully saturated rings. The first kappa shape index (κ1) is 10.8. The molecule has 2 aromatic rings. The number of aliphatic hydroxyl groups excluding tert-OH is 1. The lowest BCUT2D eigenvalue weighted by Crippen LogP contribution is -2.00. The van der Waals surface area contributed by atoms with Gasteiger partial charge >= 0.3 is 0 Å². The Labute approximate surface area is 105 Å². The molecular weight excluding hydrogens is 226 g/mol. The molecule has 1 heterocycles. The number of nitrogens with zero attached hydrogens (tertiary/aromatic N) is 1. The normalized spacial score (nSPS) is 13.9. The number of allylic oxidation sites excluding steroid dienone is 1. The molecule has 0 bridgehead atoms. The Morgan fingerprint density at radius 3 is 2.56 bits per heavy atom. The van der Waals surface area contributed by atoms with Crippen LogP contribution in [0.1, 0.15) is 17.5 Å². The van der Waals surface area contributed by atoms with Gasteiger partial charge in [-0.25, -0.2) is 0 Å². The molecule has 1 aliphatic rings. The summed E-state index contributed by atoms with van der Waals surface area (Å²) in [5.74, 6) is 0.672. The molecule has 0 saturated heterocycles. The highest BCUT2D eigenvalue weighted by atomic mass is 16.3. The van der Waals surface area contributed by atoms with Crippen LogP contribution in [0.3, 0.4) is 0 Å². The molecule has 3 nitrogen and oxygen atoms in total. The molecule has 0 spiro atoms. The second-order valence-corrected chi connectivity index (χ2v) is 4.45. The van der Waals surface area contributed by atoms with Crippen molar-refractivity contribution in [1.29, 1.82) is 0 Å². The molecule has 3 heteroatoms. The zero-order valence-corrected chi connectivity index (χ0v) is 9.80. The summed E-state index contributed by atoms with van der Waals surface area (Å²) in [6.07, 6.45) is 5.08. The van der Waals surface area contributed by atoms with E-state index in [0.29, 0.717) is 12.2 Å². The highest BCUT2D eigenvalue weighted by molar-refractivity contribution is 5.65. The van der Waals surface area contributed by atoms with Gasteiger partial charge in [0.05, 0.1) is 11.5 Å². The van der Waals surface area contributed by atoms with Crippen LogP contribution in [0.15, 0.2) is 42.3 Å². The Morgan fingerprint density at radius 2 is 1.78 bits per heavy atom. The molecule has 0 radical (unpaired) electrons. The SMILES string of the molecule is OC1=Cc2cnc(-c3ccc(O)cc3)cc2CC1. The molecule has 0 aliphatic heterocycles. The number of aryl methyl sites for hydroxylation is 1. The minimum Gasteiger partial charge on any atom is -0.512 e. The minimum atomic E-state index is 0.254. The van der Waals surface area contributed by atoms with Gasteiger partial charge in [-0.3, -0.25) is 4.98 Å². The lowest BCUT2D eigenvalue weighted by Gasteiger charge is -2.13. The van der Waals surface area contributed by atoms with Crippen molar-refractivity contribution < 1.29 is 10.2 Å². The van der Waals surface area contributed by atoms with Crippen LogP contribution in [-0.2, 0) is 6.42 Å². The predicted octanol–water partition coefficient (Wildman–Crippen LogP) is 3.30. The van der Waals surface area contributed by atoms with Crippen LogP contribution in [0, 0.1) is 0 Å². The van der Waals surface area contributed by atoms with Crippen LogP contribution in [0.5, 0.6) is 5.75 Å². The summed E-state index contributed by atoms with van der Waals surface area (Å²) < 4.78 is 0. The van der Waals surface area contributed by atoms with E-state index in [-0.39, 0.29) is 5.75 Å². The van der Waals surface area contributed by atoms with E-state index >= 15 is 0 Å². The fourth-order valence-corrected chi connectivity index (χ4v) is 2.16. The first-order chi connectivity index (χ1) is 8.72. The highest BCUT2D eigenvalue weighted by Gasteiger charge is 2.11. The topological polar surface area (TPSA) is 53.4 Å². The maximum absolute atomic E-state index is 9.48. The average molecular weight is 239 g/mol. The third-order valence-corrected chi connectivity index (χ3v) is 3.16. The lowest BCUT2D eigenvalue weighted by atomic mass is 9.96. The molecular formula is C15H13NO2. The number of aromatic hydroxyl groups is 1. The van der Waals surface area contributed by atoms with Crippen molar-refractivity contribution in [2.24, 2.45) is 0 Å². The van der Waals surface area contributed by atoms with Gasteiger partial charge in [0, 0.05) is 18.2 Å². The summed E-state index contributed by atoms with van der Waals surface area (Å²) in [4.78, 5) is 4.39. The number of hydrogen-bond donors (Lipinski definition) is 2. The van der Waals surface area contributed by atoms with Crippen molar-refractivity contribution in [2.45, 2.75) is 12.8 Å². The van der Waals surface area contributed by atoms with Crippen LogP contribution >= 0.6 is 0 Å². The summed E-state index contributed by atoms with van der Waals surface area (Å²) in [7, 11) is 0. The van der Waals surface area contributed by atoms with E-state index in [0.717, 1.165) is 23.2 Å². The molecule has 0 saturated carbocycles. The van der Waals surface area contributed by atoms with Crippen molar-refractivity contribution in [3.8, 4) is 17.0 Å². The van der Waals surface area contributed by atoms with Gasteiger partial charge in [-0.05, 0) is 54.0 Å². The molecule has 1 aromatic heterocycles. The summed E-state index contributed by atoms with van der Waals surface area (Å²) in [6.45, 7) is 0. The fraction of sp³-hybridized carbons (Fsp3) is 0.133. The Morgan fingerprint density at radius 1 is 1.00 bits per heavy atom. The second kappa shape index (κ2) is 4.18. The number of hydrogen-bond acceptors (Lipinski definition) is 3. The smallest absolute Gasteiger partial charge is 0.115 e. The Hall–Kier alpha value is -2.29. The van der Waals surface area contributed by atoms with E-state index in [1.54, 1.807) is 24.4 Å². The van der Waals surface area contributed by atoms with Gasteiger partial charge in [-0.2, -0.15) is 0 Å². The number of phenols is 1. The maximum Gasteiger partial charge on any atom is 0.115 e. The zero-order valence-electron chi connectivity index (χ0n) is 9.80. The van der Waals surface area contributed by atoms with E-state index in [9.17, 15) is 10.2 Å². The van der Waals surface area contributed by atoms with Crippen LogP contribution in [-0.4, -0.2) is 15.2 Å². The van der Waals surface area contributed by atoms with Crippen molar-refractivity contribution in [3.05, 3.63) is 53.4 Å². The number of phenolic OH excluding ortho intramolecular Hbond substituents is 1. The van der Waals surface area contributed by atoms with Crippen LogP contribution < -0.4 is 0 Å². The Kier molecular flexibility index (Phi) is 2.52. The molecule has 90 valence electrons. The molecule has 1 aromatic carbocycles. The molecule has 0 atom stereocenters. The number of aliphatic hydroxyl groups is 1. The van der Waals surface area contributed by atoms with E-state index < -0.39 is 0 Å². The predicted molar refractivity (Wildman–Crippen MR) is 70.3 cm³/mol. The molecule has 1 aliphatic carbocycles. The van der Waals surface area contributed by atoms with Crippen molar-refractivity contribution >= 4 is 6.08 Å². The quantitative estimate of drug-likeness (QED) is 0.802. The number of aromatic nitrogens is 1. The van der Waals surface area contributed by atoms with Crippen molar-refractivity contribution in [3.63, 3.8) is 0 Å². The monoisotopic (exact) mass is 239 g/mol. The number of rotatable bonds is 1. The van der Waals surface area contributed by atoms with Gasteiger partial charge in [0.1, 0.15) is 5.75 Å². The third kappa shape index (κ3) is 1.95. The number of pyridine rings is 1. The Balaban J connectivity index is 2.03. The highest BCUT2D eigenvalue weighted by Crippen LogP contribution is 2.27. The molecule has 0 unspecified atom stereocenters. The van der Waals surface area contributed by atoms with E-state index in [1.807, 2.05) is 18.2 Å². The first-order valence-corrected chi connectivity index (χ1v) is 5.90. The van der Waals surface area contributed by atoms with Gasteiger partial charge in [0.2, 0.25) is 0 Å². The van der Waals surface area contributed by atoms with Gasteiger partial charge in [0.15, 0.2) is 0 Å². The van der Waals surface area contributed by atoms with E-state index in [2.05, 4.69) is 4.98 Å². The maximum atomic E-state index is 9.48. The van der Waals surface area contributed by atoms with Crippen LogP contribution in [0.2, 0.25) is 0 Å². The molecule has 3 rings (SSSR count). The van der Waals surface area contributed by atoms with E-state index in [1.165, 1.54) is 5.56 Å². The fourth-order valence-electron chi connectivity index (χ4n) is 2.16. The standard InChI is InChI=1S/C15H13NO2/c17-13-4-1-10(2-5-13)15-8-11-3-6-14(18)7-12(11)9-16-15/h1-2,4-5,7-9,17-18H,3,6H2. The van der Waals surface area contributed by atoms with E-state index in [4.69, 9.17) is 0 Å². The summed E-state index contributed by atoms with van der Waals surface area (Å²) >= 11 is 0. The first-order valence-electron chi connectivity index (χ1n) is 5.90. The van der Waals surface area contributed by atoms with Crippen LogP contribution in [0.4, 0.5) is 0 Å². The van der Waals surface area contributed by atoms with Gasteiger partial charge in [0.25, 0.3) is 0 Å².